The zero-order valence-corrected chi connectivity index (χ0v) is 21.2. The number of fused-ring (bicyclic) bond motifs is 3. The van der Waals surface area contributed by atoms with Gasteiger partial charge in [-0.1, -0.05) is 42.5 Å². The lowest BCUT2D eigenvalue weighted by Gasteiger charge is -2.41. The van der Waals surface area contributed by atoms with Gasteiger partial charge in [-0.2, -0.15) is 5.26 Å². The van der Waals surface area contributed by atoms with E-state index in [1.54, 1.807) is 37.6 Å². The summed E-state index contributed by atoms with van der Waals surface area (Å²) >= 11 is 0. The minimum Gasteiger partial charge on any atom is -0.495 e. The summed E-state index contributed by atoms with van der Waals surface area (Å²) in [6.07, 6.45) is 1.86. The smallest absolute Gasteiger partial charge is 0.177 e. The first-order valence-corrected chi connectivity index (χ1v) is 12.3. The van der Waals surface area contributed by atoms with Crippen LogP contribution in [0.3, 0.4) is 0 Å². The van der Waals surface area contributed by atoms with Crippen LogP contribution in [0.2, 0.25) is 0 Å². The van der Waals surface area contributed by atoms with Crippen molar-refractivity contribution in [1.29, 1.82) is 5.26 Å². The van der Waals surface area contributed by atoms with Gasteiger partial charge in [0.25, 0.3) is 0 Å². The Morgan fingerprint density at radius 3 is 2.49 bits per heavy atom. The first-order chi connectivity index (χ1) is 17.9. The number of nitrogens with zero attached hydrogens (tertiary/aromatic N) is 3. The van der Waals surface area contributed by atoms with E-state index in [9.17, 15) is 15.5 Å². The number of pyridine rings is 1. The number of likely N-dealkylation sites (N-methyl/N-ethyl adjacent to an activating group) is 1. The Balaban J connectivity index is 1.78. The average molecular weight is 502 g/mol. The Kier molecular flexibility index (Phi) is 6.65. The number of aromatic nitrogens is 1. The molecule has 5 atom stereocenters. The van der Waals surface area contributed by atoms with Crippen molar-refractivity contribution in [1.82, 2.24) is 9.88 Å². The van der Waals surface area contributed by atoms with Crippen LogP contribution in [0.5, 0.6) is 11.5 Å². The van der Waals surface area contributed by atoms with E-state index in [1.807, 2.05) is 37.4 Å². The lowest BCUT2D eigenvalue weighted by Crippen LogP contribution is -2.52. The summed E-state index contributed by atoms with van der Waals surface area (Å²) in [4.78, 5) is 6.35. The van der Waals surface area contributed by atoms with Gasteiger partial charge in [-0.05, 0) is 30.3 Å². The third kappa shape index (κ3) is 3.70. The van der Waals surface area contributed by atoms with Gasteiger partial charge in [-0.15, -0.1) is 0 Å². The molecule has 1 fully saturated rings. The number of hydrogen-bond acceptors (Lipinski definition) is 8. The number of aliphatic hydroxyl groups excluding tert-OH is 1. The maximum absolute atomic E-state index is 12.8. The van der Waals surface area contributed by atoms with Crippen LogP contribution in [-0.4, -0.2) is 67.2 Å². The molecule has 0 spiro atoms. The third-order valence-electron chi connectivity index (χ3n) is 7.82. The molecule has 1 aliphatic heterocycles. The predicted octanol–water partition coefficient (Wildman–Crippen LogP) is 2.79. The summed E-state index contributed by atoms with van der Waals surface area (Å²) in [5, 5.41) is 34.3. The van der Waals surface area contributed by atoms with Crippen molar-refractivity contribution >= 4 is 0 Å². The van der Waals surface area contributed by atoms with Crippen molar-refractivity contribution in [3.8, 4) is 17.6 Å². The summed E-state index contributed by atoms with van der Waals surface area (Å²) in [6.45, 7) is 1.68. The highest BCUT2D eigenvalue weighted by Gasteiger charge is 2.76. The molecule has 8 nitrogen and oxygen atoms in total. The van der Waals surface area contributed by atoms with E-state index in [1.165, 1.54) is 13.3 Å². The summed E-state index contributed by atoms with van der Waals surface area (Å²) in [5.41, 5.74) is -0.826. The number of nitriles is 1. The molecule has 1 saturated carbocycles. The molecule has 1 aromatic heterocycles. The van der Waals surface area contributed by atoms with Crippen LogP contribution in [0, 0.1) is 17.2 Å². The molecule has 2 heterocycles. The largest absolute Gasteiger partial charge is 0.495 e. The van der Waals surface area contributed by atoms with Gasteiger partial charge in [0.15, 0.2) is 11.2 Å². The van der Waals surface area contributed by atoms with E-state index in [-0.39, 0.29) is 0 Å². The summed E-state index contributed by atoms with van der Waals surface area (Å²) in [7, 11) is 5.14. The number of hydrogen-bond donors (Lipinski definition) is 2. The number of aliphatic hydroxyl groups is 2. The van der Waals surface area contributed by atoms with Crippen molar-refractivity contribution in [3.63, 3.8) is 0 Å². The molecule has 2 aliphatic rings. The summed E-state index contributed by atoms with van der Waals surface area (Å²) in [5.74, 6) is -0.174. The fourth-order valence-corrected chi connectivity index (χ4v) is 6.23. The van der Waals surface area contributed by atoms with Crippen molar-refractivity contribution < 1.29 is 24.4 Å². The van der Waals surface area contributed by atoms with Gasteiger partial charge in [-0.25, -0.2) is 0 Å². The second-order valence-electron chi connectivity index (χ2n) is 9.76. The predicted molar refractivity (Wildman–Crippen MR) is 136 cm³/mol. The minimum atomic E-state index is -1.86. The van der Waals surface area contributed by atoms with Gasteiger partial charge in [0, 0.05) is 32.0 Å². The molecular weight excluding hydrogens is 470 g/mol. The quantitative estimate of drug-likeness (QED) is 0.485. The van der Waals surface area contributed by atoms with Crippen LogP contribution in [0.4, 0.5) is 0 Å². The molecule has 2 aromatic carbocycles. The van der Waals surface area contributed by atoms with Crippen molar-refractivity contribution in [2.24, 2.45) is 5.92 Å². The van der Waals surface area contributed by atoms with Gasteiger partial charge in [0.1, 0.15) is 11.5 Å². The first kappa shape index (κ1) is 25.2. The molecule has 3 aromatic rings. The second kappa shape index (κ2) is 9.77. The van der Waals surface area contributed by atoms with Crippen molar-refractivity contribution in [3.05, 3.63) is 89.2 Å². The van der Waals surface area contributed by atoms with Gasteiger partial charge < -0.3 is 29.3 Å². The Hall–Kier alpha value is -3.48. The second-order valence-corrected chi connectivity index (χ2v) is 9.76. The van der Waals surface area contributed by atoms with Crippen LogP contribution in [-0.2, 0) is 15.9 Å². The number of ether oxygens (including phenoxy) is 3. The first-order valence-electron chi connectivity index (χ1n) is 12.3. The maximum atomic E-state index is 12.8. The van der Waals surface area contributed by atoms with Crippen molar-refractivity contribution in [2.75, 3.05) is 41.0 Å². The highest BCUT2D eigenvalue weighted by Crippen LogP contribution is 2.69. The molecule has 192 valence electrons. The lowest BCUT2D eigenvalue weighted by molar-refractivity contribution is -0.152. The standard InChI is InChI=1S/C29H31N3O5/c1-32(13-14-35-2)18-22-25(20-7-5-4-6-8-20)29(21-11-9-19(15-30)10-12-21)28(34,27(22)33)26-23(36-3)16-31-17-24(26)37-29/h4-12,16-17,22,25,27,33-34H,13-14,18H2,1-3H3/t22-,25-,27-,28+,29+/m1/s1. The van der Waals surface area contributed by atoms with E-state index in [0.717, 1.165) is 5.56 Å². The minimum absolute atomic E-state index is 0.342. The third-order valence-corrected chi connectivity index (χ3v) is 7.82. The highest BCUT2D eigenvalue weighted by atomic mass is 16.5. The van der Waals surface area contributed by atoms with Gasteiger partial charge in [-0.3, -0.25) is 4.98 Å². The summed E-state index contributed by atoms with van der Waals surface area (Å²) < 4.78 is 17.7. The van der Waals surface area contributed by atoms with Crippen LogP contribution < -0.4 is 9.47 Å². The fourth-order valence-electron chi connectivity index (χ4n) is 6.23. The average Bonchev–Trinajstić information content (AvgIpc) is 3.30. The van der Waals surface area contributed by atoms with Crippen LogP contribution in [0.1, 0.15) is 28.2 Å². The fraction of sp³-hybridized carbons (Fsp3) is 0.379. The molecule has 2 N–H and O–H groups in total. The number of benzene rings is 2. The van der Waals surface area contributed by atoms with E-state index in [4.69, 9.17) is 14.2 Å². The van der Waals surface area contributed by atoms with Gasteiger partial charge in [0.2, 0.25) is 0 Å². The molecular formula is C29H31N3O5. The lowest BCUT2D eigenvalue weighted by atomic mass is 9.70. The topological polar surface area (TPSA) is 108 Å². The Labute approximate surface area is 216 Å². The monoisotopic (exact) mass is 501 g/mol. The highest BCUT2D eigenvalue weighted by molar-refractivity contribution is 5.59. The Bertz CT molecular complexity index is 1300. The zero-order chi connectivity index (χ0) is 26.2. The molecule has 1 aliphatic carbocycles. The molecule has 8 heteroatoms. The van der Waals surface area contributed by atoms with E-state index in [2.05, 4.69) is 16.0 Å². The zero-order valence-electron chi connectivity index (χ0n) is 21.2. The van der Waals surface area contributed by atoms with Crippen LogP contribution in [0.25, 0.3) is 0 Å². The molecule has 0 bridgehead atoms. The van der Waals surface area contributed by atoms with Crippen LogP contribution in [0.15, 0.2) is 67.0 Å². The molecule has 0 radical (unpaired) electrons. The molecule has 0 saturated heterocycles. The number of methoxy groups -OCH3 is 2. The molecule has 0 amide bonds. The van der Waals surface area contributed by atoms with E-state index in [0.29, 0.717) is 47.9 Å². The van der Waals surface area contributed by atoms with E-state index < -0.39 is 29.1 Å². The molecule has 0 unspecified atom stereocenters. The van der Waals surface area contributed by atoms with Crippen molar-refractivity contribution in [2.45, 2.75) is 23.2 Å². The number of rotatable bonds is 8. The molecule has 37 heavy (non-hydrogen) atoms. The normalized spacial score (nSPS) is 27.9. The Morgan fingerprint density at radius 1 is 1.11 bits per heavy atom. The van der Waals surface area contributed by atoms with Gasteiger partial charge >= 0.3 is 0 Å². The summed E-state index contributed by atoms with van der Waals surface area (Å²) in [6, 6.07) is 19.0. The van der Waals surface area contributed by atoms with Gasteiger partial charge in [0.05, 0.1) is 49.4 Å². The SMILES string of the molecule is COCCN(C)C[C@H]1[C@@H](O)[C@@]2(O)c3c(OC)cncc3O[C@@]2(c2ccc(C#N)cc2)[C@@H]1c1ccccc1. The Morgan fingerprint density at radius 2 is 1.84 bits per heavy atom. The maximum Gasteiger partial charge on any atom is 0.177 e. The van der Waals surface area contributed by atoms with Crippen LogP contribution >= 0.6 is 0 Å². The molecule has 5 rings (SSSR count). The van der Waals surface area contributed by atoms with E-state index >= 15 is 0 Å².